The molecular weight excluding hydrogens is 214 g/mol. The molecule has 17 heavy (non-hydrogen) atoms. The summed E-state index contributed by atoms with van der Waals surface area (Å²) in [5.74, 6) is 0.811. The molecule has 0 fully saturated rings. The first kappa shape index (κ1) is 9.92. The van der Waals surface area contributed by atoms with Crippen LogP contribution in [0.1, 0.15) is 5.56 Å². The Labute approximate surface area is 97.9 Å². The van der Waals surface area contributed by atoms with E-state index in [0.29, 0.717) is 6.54 Å². The van der Waals surface area contributed by atoms with Crippen molar-refractivity contribution in [1.82, 2.24) is 19.6 Å². The number of benzene rings is 1. The molecule has 2 heterocycles. The number of hydrogen-bond acceptors (Lipinski definition) is 4. The maximum Gasteiger partial charge on any atom is 0.179 e. The van der Waals surface area contributed by atoms with E-state index in [1.54, 1.807) is 12.4 Å². The predicted octanol–water partition coefficient (Wildman–Crippen LogP) is 1.25. The van der Waals surface area contributed by atoms with Crippen LogP contribution in [-0.4, -0.2) is 19.6 Å². The summed E-state index contributed by atoms with van der Waals surface area (Å²) in [6.07, 6.45) is 5.25. The number of fused-ring (bicyclic) bond motifs is 1. The second kappa shape index (κ2) is 3.95. The van der Waals surface area contributed by atoms with Gasteiger partial charge in [-0.25, -0.2) is 0 Å². The second-order valence-corrected chi connectivity index (χ2v) is 3.73. The highest BCUT2D eigenvalue weighted by Crippen LogP contribution is 2.18. The first-order valence-corrected chi connectivity index (χ1v) is 5.32. The van der Waals surface area contributed by atoms with Gasteiger partial charge in [-0.15, -0.1) is 10.2 Å². The van der Waals surface area contributed by atoms with Gasteiger partial charge in [-0.1, -0.05) is 24.3 Å². The Kier molecular flexibility index (Phi) is 2.31. The number of hydrogen-bond donors (Lipinski definition) is 1. The minimum atomic E-state index is 0.546. The van der Waals surface area contributed by atoms with E-state index in [9.17, 15) is 0 Å². The van der Waals surface area contributed by atoms with Crippen molar-refractivity contribution in [3.05, 3.63) is 48.4 Å². The lowest BCUT2D eigenvalue weighted by Crippen LogP contribution is -1.96. The smallest absolute Gasteiger partial charge is 0.179 e. The first-order chi connectivity index (χ1) is 8.38. The Bertz CT molecular complexity index is 641. The molecular formula is C12H11N5. The summed E-state index contributed by atoms with van der Waals surface area (Å²) in [6.45, 7) is 0.546. The lowest BCUT2D eigenvalue weighted by atomic mass is 10.1. The fourth-order valence-electron chi connectivity index (χ4n) is 1.74. The first-order valence-electron chi connectivity index (χ1n) is 5.32. The Morgan fingerprint density at radius 3 is 2.71 bits per heavy atom. The summed E-state index contributed by atoms with van der Waals surface area (Å²) >= 11 is 0. The largest absolute Gasteiger partial charge is 0.326 e. The van der Waals surface area contributed by atoms with Crippen molar-refractivity contribution < 1.29 is 0 Å². The molecule has 3 rings (SSSR count). The summed E-state index contributed by atoms with van der Waals surface area (Å²) in [4.78, 5) is 4.01. The molecule has 0 aliphatic heterocycles. The van der Waals surface area contributed by atoms with Crippen LogP contribution in [0.4, 0.5) is 0 Å². The third-order valence-electron chi connectivity index (χ3n) is 2.66. The van der Waals surface area contributed by atoms with E-state index in [1.807, 2.05) is 34.9 Å². The van der Waals surface area contributed by atoms with Crippen molar-refractivity contribution in [3.8, 4) is 11.4 Å². The van der Waals surface area contributed by atoms with E-state index in [4.69, 9.17) is 5.73 Å². The lowest BCUT2D eigenvalue weighted by Gasteiger charge is -2.01. The molecule has 5 nitrogen and oxygen atoms in total. The average molecular weight is 225 g/mol. The van der Waals surface area contributed by atoms with Crippen LogP contribution in [0.2, 0.25) is 0 Å². The molecule has 2 aromatic heterocycles. The zero-order valence-corrected chi connectivity index (χ0v) is 9.11. The maximum absolute atomic E-state index is 5.57. The minimum Gasteiger partial charge on any atom is -0.326 e. The molecule has 0 radical (unpaired) electrons. The van der Waals surface area contributed by atoms with Crippen molar-refractivity contribution >= 4 is 5.65 Å². The summed E-state index contributed by atoms with van der Waals surface area (Å²) in [5.41, 5.74) is 8.42. The predicted molar refractivity (Wildman–Crippen MR) is 64.1 cm³/mol. The van der Waals surface area contributed by atoms with Gasteiger partial charge in [0.25, 0.3) is 0 Å². The van der Waals surface area contributed by atoms with Crippen LogP contribution >= 0.6 is 0 Å². The monoisotopic (exact) mass is 225 g/mol. The molecule has 3 aromatic rings. The van der Waals surface area contributed by atoms with E-state index in [1.165, 1.54) is 0 Å². The third kappa shape index (κ3) is 1.66. The molecule has 84 valence electrons. The highest BCUT2D eigenvalue weighted by Gasteiger charge is 2.06. The highest BCUT2D eigenvalue weighted by atomic mass is 15.2. The van der Waals surface area contributed by atoms with Crippen molar-refractivity contribution in [3.63, 3.8) is 0 Å². The molecule has 0 bridgehead atoms. The summed E-state index contributed by atoms with van der Waals surface area (Å²) in [6, 6.07) is 7.99. The van der Waals surface area contributed by atoms with Gasteiger partial charge in [-0.05, 0) is 5.56 Å². The molecule has 0 aliphatic carbocycles. The van der Waals surface area contributed by atoms with Gasteiger partial charge in [0.2, 0.25) is 0 Å². The van der Waals surface area contributed by atoms with Crippen LogP contribution in [0.5, 0.6) is 0 Å². The SMILES string of the molecule is NCc1ccc(-c2nnc3cnccn23)cc1. The molecule has 5 heteroatoms. The Morgan fingerprint density at radius 1 is 1.12 bits per heavy atom. The van der Waals surface area contributed by atoms with Crippen molar-refractivity contribution in [2.75, 3.05) is 0 Å². The molecule has 0 unspecified atom stereocenters. The van der Waals surface area contributed by atoms with Gasteiger partial charge in [0.05, 0.1) is 6.20 Å². The van der Waals surface area contributed by atoms with Gasteiger partial charge in [0.15, 0.2) is 11.5 Å². The van der Waals surface area contributed by atoms with Gasteiger partial charge in [0, 0.05) is 24.5 Å². The van der Waals surface area contributed by atoms with Crippen LogP contribution in [-0.2, 0) is 6.54 Å². The maximum atomic E-state index is 5.57. The second-order valence-electron chi connectivity index (χ2n) is 3.73. The normalized spacial score (nSPS) is 10.9. The van der Waals surface area contributed by atoms with Crippen LogP contribution in [0.3, 0.4) is 0 Å². The van der Waals surface area contributed by atoms with E-state index >= 15 is 0 Å². The molecule has 0 saturated heterocycles. The van der Waals surface area contributed by atoms with Gasteiger partial charge in [-0.3, -0.25) is 9.38 Å². The fraction of sp³-hybridized carbons (Fsp3) is 0.0833. The molecule has 0 amide bonds. The van der Waals surface area contributed by atoms with Gasteiger partial charge in [0.1, 0.15) is 0 Å². The van der Waals surface area contributed by atoms with Gasteiger partial charge in [-0.2, -0.15) is 0 Å². The lowest BCUT2D eigenvalue weighted by molar-refractivity contribution is 1.07. The van der Waals surface area contributed by atoms with Gasteiger partial charge >= 0.3 is 0 Å². The zero-order valence-electron chi connectivity index (χ0n) is 9.11. The molecule has 1 aromatic carbocycles. The number of aromatic nitrogens is 4. The van der Waals surface area contributed by atoms with Crippen molar-refractivity contribution in [1.29, 1.82) is 0 Å². The van der Waals surface area contributed by atoms with Crippen molar-refractivity contribution in [2.45, 2.75) is 6.54 Å². The molecule has 0 aliphatic rings. The molecule has 0 spiro atoms. The zero-order chi connectivity index (χ0) is 11.7. The quantitative estimate of drug-likeness (QED) is 0.712. The van der Waals surface area contributed by atoms with Crippen molar-refractivity contribution in [2.24, 2.45) is 5.73 Å². The summed E-state index contributed by atoms with van der Waals surface area (Å²) in [5, 5.41) is 8.23. The highest BCUT2D eigenvalue weighted by molar-refractivity contribution is 5.59. The summed E-state index contributed by atoms with van der Waals surface area (Å²) < 4.78 is 1.91. The molecule has 2 N–H and O–H groups in total. The Balaban J connectivity index is 2.13. The number of rotatable bonds is 2. The van der Waals surface area contributed by atoms with Crippen LogP contribution in [0.15, 0.2) is 42.9 Å². The third-order valence-corrected chi connectivity index (χ3v) is 2.66. The van der Waals surface area contributed by atoms with E-state index in [0.717, 1.165) is 22.6 Å². The topological polar surface area (TPSA) is 69.1 Å². The summed E-state index contributed by atoms with van der Waals surface area (Å²) in [7, 11) is 0. The number of nitrogens with zero attached hydrogens (tertiary/aromatic N) is 4. The van der Waals surface area contributed by atoms with E-state index in [2.05, 4.69) is 15.2 Å². The van der Waals surface area contributed by atoms with Crippen LogP contribution < -0.4 is 5.73 Å². The van der Waals surface area contributed by atoms with E-state index in [-0.39, 0.29) is 0 Å². The standard InChI is InChI=1S/C12H11N5/c13-7-9-1-3-10(4-2-9)12-16-15-11-8-14-5-6-17(11)12/h1-6,8H,7,13H2. The Morgan fingerprint density at radius 2 is 1.94 bits per heavy atom. The number of nitrogens with two attached hydrogens (primary N) is 1. The fourth-order valence-corrected chi connectivity index (χ4v) is 1.74. The average Bonchev–Trinajstić information content (AvgIpc) is 2.83. The minimum absolute atomic E-state index is 0.546. The molecule has 0 atom stereocenters. The van der Waals surface area contributed by atoms with Crippen LogP contribution in [0, 0.1) is 0 Å². The van der Waals surface area contributed by atoms with Crippen LogP contribution in [0.25, 0.3) is 17.0 Å². The van der Waals surface area contributed by atoms with E-state index < -0.39 is 0 Å². The molecule has 0 saturated carbocycles. The Hall–Kier alpha value is -2.27. The van der Waals surface area contributed by atoms with Gasteiger partial charge < -0.3 is 5.73 Å².